The Hall–Kier alpha value is -2.49. The molecule has 1 aliphatic rings. The highest BCUT2D eigenvalue weighted by molar-refractivity contribution is 7.92. The van der Waals surface area contributed by atoms with Gasteiger partial charge in [-0.3, -0.25) is 13.9 Å². The van der Waals surface area contributed by atoms with Gasteiger partial charge in [0.25, 0.3) is 10.0 Å². The van der Waals surface area contributed by atoms with E-state index >= 15 is 0 Å². The number of hydrogen-bond donors (Lipinski definition) is 1. The molecule has 0 unspecified atom stereocenters. The molecule has 2 amide bonds. The lowest BCUT2D eigenvalue weighted by molar-refractivity contribution is -0.139. The summed E-state index contributed by atoms with van der Waals surface area (Å²) in [6, 6.07) is 14.6. The molecule has 0 saturated heterocycles. The van der Waals surface area contributed by atoms with Crippen LogP contribution in [0.15, 0.2) is 65.6 Å². The molecule has 1 atom stereocenters. The maximum atomic E-state index is 14.1. The van der Waals surface area contributed by atoms with Crippen LogP contribution in [0, 0.1) is 6.92 Å². The van der Waals surface area contributed by atoms with Crippen molar-refractivity contribution >= 4 is 73.9 Å². The van der Waals surface area contributed by atoms with Crippen LogP contribution in [0.2, 0.25) is 20.1 Å². The van der Waals surface area contributed by atoms with Crippen molar-refractivity contribution in [2.75, 3.05) is 10.8 Å². The van der Waals surface area contributed by atoms with Crippen molar-refractivity contribution in [1.82, 2.24) is 10.2 Å². The van der Waals surface area contributed by atoms with E-state index in [-0.39, 0.29) is 39.1 Å². The van der Waals surface area contributed by atoms with Gasteiger partial charge in [-0.1, -0.05) is 83.0 Å². The van der Waals surface area contributed by atoms with Gasteiger partial charge >= 0.3 is 0 Å². The van der Waals surface area contributed by atoms with Crippen LogP contribution in [-0.2, 0) is 26.2 Å². The number of nitrogens with one attached hydrogen (secondary N) is 1. The predicted octanol–water partition coefficient (Wildman–Crippen LogP) is 7.28. The fourth-order valence-electron chi connectivity index (χ4n) is 4.81. The fraction of sp³-hybridized carbons (Fsp3) is 0.333. The van der Waals surface area contributed by atoms with Gasteiger partial charge in [-0.05, 0) is 74.7 Å². The number of hydrogen-bond acceptors (Lipinski definition) is 4. The highest BCUT2D eigenvalue weighted by Crippen LogP contribution is 2.31. The molecule has 12 heteroatoms. The highest BCUT2D eigenvalue weighted by Gasteiger charge is 2.34. The van der Waals surface area contributed by atoms with Crippen molar-refractivity contribution in [1.29, 1.82) is 0 Å². The van der Waals surface area contributed by atoms with E-state index in [1.54, 1.807) is 37.3 Å². The minimum atomic E-state index is -4.24. The summed E-state index contributed by atoms with van der Waals surface area (Å²) >= 11 is 24.9. The zero-order valence-electron chi connectivity index (χ0n) is 23.1. The second kappa shape index (κ2) is 13.9. The normalized spacial score (nSPS) is 14.4. The molecule has 4 rings (SSSR count). The molecular formula is C30H31Cl4N3O4S. The number of sulfonamides is 1. The Kier molecular flexibility index (Phi) is 10.7. The standard InChI is InChI=1S/C30H31Cl4N3O4S/c1-19-7-12-25(13-8-19)42(40,41)37(24-11-14-26(32)28(34)16-24)18-29(38)36(17-21-9-10-22(31)15-27(21)33)20(2)30(39)35-23-5-3-4-6-23/h7-16,20,23H,3-6,17-18H2,1-2H3,(H,35,39)/t20-/m1/s1. The minimum Gasteiger partial charge on any atom is -0.352 e. The first-order valence-electron chi connectivity index (χ1n) is 13.4. The third kappa shape index (κ3) is 7.71. The van der Waals surface area contributed by atoms with Crippen molar-refractivity contribution in [3.63, 3.8) is 0 Å². The number of carbonyl (C=O) groups is 2. The first kappa shape index (κ1) is 32.4. The van der Waals surface area contributed by atoms with Gasteiger partial charge in [-0.2, -0.15) is 0 Å². The van der Waals surface area contributed by atoms with Gasteiger partial charge in [0.15, 0.2) is 0 Å². The Morgan fingerprint density at radius 3 is 2.19 bits per heavy atom. The van der Waals surface area contributed by atoms with Gasteiger partial charge in [-0.15, -0.1) is 0 Å². The summed E-state index contributed by atoms with van der Waals surface area (Å²) in [6.07, 6.45) is 3.79. The van der Waals surface area contributed by atoms with Gasteiger partial charge in [0.05, 0.1) is 20.6 Å². The first-order chi connectivity index (χ1) is 19.9. The predicted molar refractivity (Wildman–Crippen MR) is 169 cm³/mol. The van der Waals surface area contributed by atoms with Crippen LogP contribution in [0.5, 0.6) is 0 Å². The average molecular weight is 671 g/mol. The zero-order chi connectivity index (χ0) is 30.6. The Bertz CT molecular complexity index is 1560. The van der Waals surface area contributed by atoms with Crippen molar-refractivity contribution in [3.05, 3.63) is 91.9 Å². The van der Waals surface area contributed by atoms with Crippen LogP contribution >= 0.6 is 46.4 Å². The number of rotatable bonds is 10. The summed E-state index contributed by atoms with van der Waals surface area (Å²) in [6.45, 7) is 2.80. The van der Waals surface area contributed by atoms with E-state index in [0.717, 1.165) is 35.6 Å². The SMILES string of the molecule is Cc1ccc(S(=O)(=O)N(CC(=O)N(Cc2ccc(Cl)cc2Cl)[C@H](C)C(=O)NC2CCCC2)c2ccc(Cl)c(Cl)c2)cc1. The van der Waals surface area contributed by atoms with Gasteiger partial charge < -0.3 is 10.2 Å². The van der Waals surface area contributed by atoms with Crippen molar-refractivity contribution in [3.8, 4) is 0 Å². The Balaban J connectivity index is 1.72. The van der Waals surface area contributed by atoms with Gasteiger partial charge in [-0.25, -0.2) is 8.42 Å². The smallest absolute Gasteiger partial charge is 0.264 e. The molecule has 7 nitrogen and oxygen atoms in total. The van der Waals surface area contributed by atoms with Crippen LogP contribution < -0.4 is 9.62 Å². The van der Waals surface area contributed by atoms with Gasteiger partial charge in [0.2, 0.25) is 11.8 Å². The second-order valence-corrected chi connectivity index (χ2v) is 13.9. The molecular weight excluding hydrogens is 640 g/mol. The van der Waals surface area contributed by atoms with Crippen LogP contribution in [-0.4, -0.2) is 43.8 Å². The zero-order valence-corrected chi connectivity index (χ0v) is 27.0. The molecule has 0 spiro atoms. The van der Waals surface area contributed by atoms with Crippen LogP contribution in [0.3, 0.4) is 0 Å². The number of halogens is 4. The third-order valence-electron chi connectivity index (χ3n) is 7.30. The van der Waals surface area contributed by atoms with Crippen LogP contribution in [0.4, 0.5) is 5.69 Å². The number of nitrogens with zero attached hydrogens (tertiary/aromatic N) is 2. The largest absolute Gasteiger partial charge is 0.352 e. The minimum absolute atomic E-state index is 0.00806. The van der Waals surface area contributed by atoms with E-state index in [2.05, 4.69) is 5.32 Å². The van der Waals surface area contributed by atoms with Crippen LogP contribution in [0.25, 0.3) is 0 Å². The van der Waals surface area contributed by atoms with Crippen molar-refractivity contribution < 1.29 is 18.0 Å². The van der Waals surface area contributed by atoms with Crippen LogP contribution in [0.1, 0.15) is 43.7 Å². The Labute approximate surface area is 266 Å². The molecule has 3 aromatic carbocycles. The van der Waals surface area contributed by atoms with Crippen molar-refractivity contribution in [2.24, 2.45) is 0 Å². The van der Waals surface area contributed by atoms with E-state index in [0.29, 0.717) is 15.6 Å². The monoisotopic (exact) mass is 669 g/mol. The van der Waals surface area contributed by atoms with E-state index < -0.39 is 28.5 Å². The molecule has 1 fully saturated rings. The molecule has 0 radical (unpaired) electrons. The van der Waals surface area contributed by atoms with E-state index in [9.17, 15) is 18.0 Å². The van der Waals surface area contributed by atoms with Crippen molar-refractivity contribution in [2.45, 2.75) is 63.1 Å². The average Bonchev–Trinajstić information content (AvgIpc) is 3.45. The number of amides is 2. The molecule has 3 aromatic rings. The van der Waals surface area contributed by atoms with E-state index in [1.807, 2.05) is 6.92 Å². The molecule has 1 aliphatic carbocycles. The summed E-state index contributed by atoms with van der Waals surface area (Å²) < 4.78 is 28.9. The molecule has 1 N–H and O–H groups in total. The molecule has 224 valence electrons. The molecule has 0 aliphatic heterocycles. The van der Waals surface area contributed by atoms with E-state index in [1.165, 1.54) is 35.2 Å². The Morgan fingerprint density at radius 1 is 0.905 bits per heavy atom. The quantitative estimate of drug-likeness (QED) is 0.246. The van der Waals surface area contributed by atoms with Gasteiger partial charge in [0, 0.05) is 22.6 Å². The number of anilines is 1. The molecule has 0 aromatic heterocycles. The summed E-state index contributed by atoms with van der Waals surface area (Å²) in [7, 11) is -4.24. The number of benzene rings is 3. The third-order valence-corrected chi connectivity index (χ3v) is 10.4. The highest BCUT2D eigenvalue weighted by atomic mass is 35.5. The maximum absolute atomic E-state index is 14.1. The fourth-order valence-corrected chi connectivity index (χ4v) is 6.98. The molecule has 42 heavy (non-hydrogen) atoms. The topological polar surface area (TPSA) is 86.8 Å². The first-order valence-corrected chi connectivity index (χ1v) is 16.4. The van der Waals surface area contributed by atoms with Gasteiger partial charge in [0.1, 0.15) is 12.6 Å². The summed E-state index contributed by atoms with van der Waals surface area (Å²) in [5.41, 5.74) is 1.57. The summed E-state index contributed by atoms with van der Waals surface area (Å²) in [5, 5.41) is 4.13. The summed E-state index contributed by atoms with van der Waals surface area (Å²) in [5.74, 6) is -0.945. The lowest BCUT2D eigenvalue weighted by atomic mass is 10.1. The number of carbonyl (C=O) groups excluding carboxylic acids is 2. The lowest BCUT2D eigenvalue weighted by Gasteiger charge is -2.32. The lowest BCUT2D eigenvalue weighted by Crippen LogP contribution is -2.52. The Morgan fingerprint density at radius 2 is 1.57 bits per heavy atom. The second-order valence-electron chi connectivity index (χ2n) is 10.3. The molecule has 0 heterocycles. The molecule has 1 saturated carbocycles. The van der Waals surface area contributed by atoms with E-state index in [4.69, 9.17) is 46.4 Å². The summed E-state index contributed by atoms with van der Waals surface area (Å²) in [4.78, 5) is 28.7. The number of aryl methyl sites for hydroxylation is 1. The maximum Gasteiger partial charge on any atom is 0.264 e. The molecule has 0 bridgehead atoms.